The molecule has 106 valence electrons. The number of furan rings is 1. The van der Waals surface area contributed by atoms with E-state index in [0.717, 1.165) is 18.6 Å². The molecule has 0 aliphatic carbocycles. The Morgan fingerprint density at radius 1 is 1.45 bits per heavy atom. The summed E-state index contributed by atoms with van der Waals surface area (Å²) in [5.41, 5.74) is 0.750. The lowest BCUT2D eigenvalue weighted by Gasteiger charge is -2.14. The van der Waals surface area contributed by atoms with Gasteiger partial charge >= 0.3 is 5.97 Å². The smallest absolute Gasteiger partial charge is 0.337 e. The number of anilines is 1. The lowest BCUT2D eigenvalue weighted by Crippen LogP contribution is -2.17. The minimum atomic E-state index is -0.951. The topological polar surface area (TPSA) is 75.4 Å². The van der Waals surface area contributed by atoms with Crippen LogP contribution in [0.4, 0.5) is 5.82 Å². The van der Waals surface area contributed by atoms with Crippen molar-refractivity contribution in [3.05, 3.63) is 47.5 Å². The molecule has 0 spiro atoms. The van der Waals surface area contributed by atoms with Crippen LogP contribution < -0.4 is 5.32 Å². The fourth-order valence-electron chi connectivity index (χ4n) is 2.01. The van der Waals surface area contributed by atoms with Gasteiger partial charge in [0, 0.05) is 12.5 Å². The van der Waals surface area contributed by atoms with Crippen molar-refractivity contribution in [3.63, 3.8) is 0 Å². The molecule has 2 rings (SSSR count). The SMILES string of the molecule is Cc1nc(NC(C)CCc2ccco2)ccc1C(=O)O. The third kappa shape index (κ3) is 3.60. The van der Waals surface area contributed by atoms with Crippen molar-refractivity contribution >= 4 is 11.8 Å². The van der Waals surface area contributed by atoms with Crippen molar-refractivity contribution in [1.29, 1.82) is 0 Å². The number of hydrogen-bond donors (Lipinski definition) is 2. The van der Waals surface area contributed by atoms with Crippen LogP contribution in [0, 0.1) is 6.92 Å². The third-order valence-electron chi connectivity index (χ3n) is 3.11. The average Bonchev–Trinajstić information content (AvgIpc) is 2.89. The summed E-state index contributed by atoms with van der Waals surface area (Å²) in [6.45, 7) is 3.76. The predicted molar refractivity (Wildman–Crippen MR) is 76.0 cm³/mol. The normalized spacial score (nSPS) is 12.1. The molecule has 0 aliphatic rings. The highest BCUT2D eigenvalue weighted by Crippen LogP contribution is 2.13. The van der Waals surface area contributed by atoms with Crippen LogP contribution in [-0.2, 0) is 6.42 Å². The number of nitrogens with zero attached hydrogens (tertiary/aromatic N) is 1. The molecule has 0 aromatic carbocycles. The minimum Gasteiger partial charge on any atom is -0.478 e. The van der Waals surface area contributed by atoms with Crippen LogP contribution in [0.5, 0.6) is 0 Å². The standard InChI is InChI=1S/C15H18N2O3/c1-10(5-6-12-4-3-9-20-12)16-14-8-7-13(15(18)19)11(2)17-14/h3-4,7-10H,5-6H2,1-2H3,(H,16,17)(H,18,19). The van der Waals surface area contributed by atoms with E-state index in [1.54, 1.807) is 25.3 Å². The van der Waals surface area contributed by atoms with E-state index in [2.05, 4.69) is 17.2 Å². The number of nitrogens with one attached hydrogen (secondary N) is 1. The fourth-order valence-corrected chi connectivity index (χ4v) is 2.01. The summed E-state index contributed by atoms with van der Waals surface area (Å²) in [7, 11) is 0. The first-order valence-electron chi connectivity index (χ1n) is 6.56. The highest BCUT2D eigenvalue weighted by Gasteiger charge is 2.10. The number of carbonyl (C=O) groups is 1. The van der Waals surface area contributed by atoms with E-state index in [1.165, 1.54) is 0 Å². The molecular weight excluding hydrogens is 256 g/mol. The minimum absolute atomic E-state index is 0.225. The zero-order valence-corrected chi connectivity index (χ0v) is 11.6. The van der Waals surface area contributed by atoms with Crippen LogP contribution in [-0.4, -0.2) is 22.1 Å². The molecule has 0 fully saturated rings. The summed E-state index contributed by atoms with van der Waals surface area (Å²) in [4.78, 5) is 15.2. The maximum atomic E-state index is 10.9. The maximum absolute atomic E-state index is 10.9. The van der Waals surface area contributed by atoms with Gasteiger partial charge in [0.25, 0.3) is 0 Å². The van der Waals surface area contributed by atoms with Crippen LogP contribution in [0.25, 0.3) is 0 Å². The number of rotatable bonds is 6. The van der Waals surface area contributed by atoms with E-state index in [0.29, 0.717) is 11.5 Å². The Morgan fingerprint density at radius 3 is 2.85 bits per heavy atom. The third-order valence-corrected chi connectivity index (χ3v) is 3.11. The van der Waals surface area contributed by atoms with Crippen molar-refractivity contribution in [2.75, 3.05) is 5.32 Å². The van der Waals surface area contributed by atoms with Crippen LogP contribution in [0.15, 0.2) is 34.9 Å². The van der Waals surface area contributed by atoms with Crippen LogP contribution >= 0.6 is 0 Å². The van der Waals surface area contributed by atoms with Crippen LogP contribution in [0.2, 0.25) is 0 Å². The molecule has 0 radical (unpaired) electrons. The summed E-state index contributed by atoms with van der Waals surface area (Å²) in [5.74, 6) is 0.705. The molecule has 5 heteroatoms. The monoisotopic (exact) mass is 274 g/mol. The summed E-state index contributed by atoms with van der Waals surface area (Å²) < 4.78 is 5.29. The number of hydrogen-bond acceptors (Lipinski definition) is 4. The quantitative estimate of drug-likeness (QED) is 0.846. The molecule has 2 heterocycles. The molecule has 0 saturated heterocycles. The molecular formula is C15H18N2O3. The second-order valence-electron chi connectivity index (χ2n) is 4.80. The predicted octanol–water partition coefficient (Wildman–Crippen LogP) is 3.11. The Balaban J connectivity index is 1.92. The van der Waals surface area contributed by atoms with E-state index in [4.69, 9.17) is 9.52 Å². The molecule has 0 bridgehead atoms. The second kappa shape index (κ2) is 6.23. The molecule has 2 aromatic heterocycles. The van der Waals surface area contributed by atoms with E-state index in [9.17, 15) is 4.79 Å². The number of aromatic nitrogens is 1. The van der Waals surface area contributed by atoms with Crippen LogP contribution in [0.3, 0.4) is 0 Å². The van der Waals surface area contributed by atoms with E-state index in [-0.39, 0.29) is 11.6 Å². The van der Waals surface area contributed by atoms with E-state index in [1.807, 2.05) is 12.1 Å². The van der Waals surface area contributed by atoms with Gasteiger partial charge in [-0.05, 0) is 44.5 Å². The molecule has 0 aliphatic heterocycles. The fraction of sp³-hybridized carbons (Fsp3) is 0.333. The van der Waals surface area contributed by atoms with Crippen LogP contribution in [0.1, 0.15) is 35.2 Å². The Bertz CT molecular complexity index is 579. The number of carboxylic acids is 1. The van der Waals surface area contributed by atoms with Gasteiger partial charge < -0.3 is 14.8 Å². The zero-order valence-electron chi connectivity index (χ0n) is 11.6. The van der Waals surface area contributed by atoms with Crippen molar-refractivity contribution in [2.24, 2.45) is 0 Å². The molecule has 1 unspecified atom stereocenters. The number of carboxylic acid groups (broad SMARTS) is 1. The molecule has 0 saturated carbocycles. The highest BCUT2D eigenvalue weighted by atomic mass is 16.4. The number of aromatic carboxylic acids is 1. The number of pyridine rings is 1. The first kappa shape index (κ1) is 14.1. The van der Waals surface area contributed by atoms with Gasteiger partial charge in [0.05, 0.1) is 17.5 Å². The summed E-state index contributed by atoms with van der Waals surface area (Å²) in [6.07, 6.45) is 3.44. The summed E-state index contributed by atoms with van der Waals surface area (Å²) in [5, 5.41) is 12.2. The van der Waals surface area contributed by atoms with Gasteiger partial charge in [-0.1, -0.05) is 0 Å². The van der Waals surface area contributed by atoms with Gasteiger partial charge in [-0.25, -0.2) is 9.78 Å². The van der Waals surface area contributed by atoms with Crippen molar-refractivity contribution < 1.29 is 14.3 Å². The van der Waals surface area contributed by atoms with Gasteiger partial charge in [-0.3, -0.25) is 0 Å². The van der Waals surface area contributed by atoms with Gasteiger partial charge in [-0.15, -0.1) is 0 Å². The highest BCUT2D eigenvalue weighted by molar-refractivity contribution is 5.89. The first-order valence-corrected chi connectivity index (χ1v) is 6.56. The largest absolute Gasteiger partial charge is 0.478 e. The Kier molecular flexibility index (Phi) is 4.40. The lowest BCUT2D eigenvalue weighted by atomic mass is 10.1. The average molecular weight is 274 g/mol. The van der Waals surface area contributed by atoms with E-state index < -0.39 is 5.97 Å². The second-order valence-corrected chi connectivity index (χ2v) is 4.80. The van der Waals surface area contributed by atoms with Gasteiger partial charge in [0.1, 0.15) is 11.6 Å². The summed E-state index contributed by atoms with van der Waals surface area (Å²) >= 11 is 0. The van der Waals surface area contributed by atoms with Gasteiger partial charge in [-0.2, -0.15) is 0 Å². The molecule has 2 aromatic rings. The molecule has 2 N–H and O–H groups in total. The Labute approximate surface area is 117 Å². The van der Waals surface area contributed by atoms with Gasteiger partial charge in [0.15, 0.2) is 0 Å². The Hall–Kier alpha value is -2.30. The van der Waals surface area contributed by atoms with Crippen molar-refractivity contribution in [2.45, 2.75) is 32.7 Å². The summed E-state index contributed by atoms with van der Waals surface area (Å²) in [6, 6.07) is 7.33. The first-order chi connectivity index (χ1) is 9.56. The lowest BCUT2D eigenvalue weighted by molar-refractivity contribution is 0.0695. The number of aryl methyl sites for hydroxylation is 2. The van der Waals surface area contributed by atoms with Crippen molar-refractivity contribution in [3.8, 4) is 0 Å². The zero-order chi connectivity index (χ0) is 14.5. The molecule has 1 atom stereocenters. The van der Waals surface area contributed by atoms with E-state index >= 15 is 0 Å². The molecule has 20 heavy (non-hydrogen) atoms. The van der Waals surface area contributed by atoms with Gasteiger partial charge in [0.2, 0.25) is 0 Å². The Morgan fingerprint density at radius 2 is 2.25 bits per heavy atom. The molecule has 0 amide bonds. The molecule has 5 nitrogen and oxygen atoms in total. The van der Waals surface area contributed by atoms with Crippen molar-refractivity contribution in [1.82, 2.24) is 4.98 Å². The maximum Gasteiger partial charge on any atom is 0.337 e.